The fourth-order valence-electron chi connectivity index (χ4n) is 2.29. The zero-order valence-corrected chi connectivity index (χ0v) is 12.4. The summed E-state index contributed by atoms with van der Waals surface area (Å²) >= 11 is 0. The van der Waals surface area contributed by atoms with Crippen molar-refractivity contribution >= 4 is 11.9 Å². The van der Waals surface area contributed by atoms with Crippen LogP contribution in [0.1, 0.15) is 47.0 Å². The molecule has 0 aromatic rings. The second-order valence-electron chi connectivity index (χ2n) is 5.61. The van der Waals surface area contributed by atoms with Gasteiger partial charge in [-0.15, -0.1) is 0 Å². The van der Waals surface area contributed by atoms with Crippen LogP contribution >= 0.6 is 0 Å². The van der Waals surface area contributed by atoms with Crippen LogP contribution in [0.3, 0.4) is 0 Å². The first-order valence-electron chi connectivity index (χ1n) is 6.43. The van der Waals surface area contributed by atoms with Gasteiger partial charge < -0.3 is 9.47 Å². The van der Waals surface area contributed by atoms with Crippen LogP contribution < -0.4 is 0 Å². The van der Waals surface area contributed by atoms with Crippen molar-refractivity contribution in [3.8, 4) is 0 Å². The van der Waals surface area contributed by atoms with Crippen LogP contribution in [0.15, 0.2) is 0 Å². The molecule has 18 heavy (non-hydrogen) atoms. The Kier molecular flexibility index (Phi) is 6.96. The van der Waals surface area contributed by atoms with E-state index in [4.69, 9.17) is 9.47 Å². The molecule has 0 aliphatic heterocycles. The predicted molar refractivity (Wildman–Crippen MR) is 70.0 cm³/mol. The molecule has 0 fully saturated rings. The molecule has 0 aliphatic carbocycles. The number of methoxy groups -OCH3 is 2. The smallest absolute Gasteiger partial charge is 0.311 e. The van der Waals surface area contributed by atoms with E-state index < -0.39 is 5.41 Å². The Morgan fingerprint density at radius 2 is 1.67 bits per heavy atom. The van der Waals surface area contributed by atoms with Gasteiger partial charge in [-0.1, -0.05) is 20.8 Å². The van der Waals surface area contributed by atoms with Crippen LogP contribution in [0.5, 0.6) is 0 Å². The topological polar surface area (TPSA) is 52.6 Å². The summed E-state index contributed by atoms with van der Waals surface area (Å²) in [5, 5.41) is 0. The molecule has 4 nitrogen and oxygen atoms in total. The van der Waals surface area contributed by atoms with Crippen molar-refractivity contribution in [3.63, 3.8) is 0 Å². The third kappa shape index (κ3) is 5.07. The van der Waals surface area contributed by atoms with Gasteiger partial charge in [0.1, 0.15) is 0 Å². The van der Waals surface area contributed by atoms with Gasteiger partial charge in [0, 0.05) is 0 Å². The monoisotopic (exact) mass is 258 g/mol. The Labute approximate surface area is 110 Å². The molecule has 0 spiro atoms. The SMILES string of the molecule is COC(=O)C(C)CCC(C)(CC(C)C)C(=O)OC. The number of ether oxygens (including phenoxy) is 2. The van der Waals surface area contributed by atoms with Gasteiger partial charge in [-0.05, 0) is 32.1 Å². The molecule has 0 heterocycles. The summed E-state index contributed by atoms with van der Waals surface area (Å²) in [5.41, 5.74) is -0.523. The highest BCUT2D eigenvalue weighted by molar-refractivity contribution is 5.76. The van der Waals surface area contributed by atoms with E-state index in [1.54, 1.807) is 0 Å². The molecule has 0 rings (SSSR count). The van der Waals surface area contributed by atoms with Gasteiger partial charge in [0.05, 0.1) is 25.6 Å². The molecule has 0 aromatic heterocycles. The van der Waals surface area contributed by atoms with Crippen LogP contribution in [-0.4, -0.2) is 26.2 Å². The van der Waals surface area contributed by atoms with Crippen molar-refractivity contribution in [2.75, 3.05) is 14.2 Å². The number of rotatable bonds is 7. The van der Waals surface area contributed by atoms with E-state index in [1.807, 2.05) is 13.8 Å². The van der Waals surface area contributed by atoms with Crippen LogP contribution in [0.25, 0.3) is 0 Å². The lowest BCUT2D eigenvalue weighted by Gasteiger charge is -2.29. The van der Waals surface area contributed by atoms with E-state index in [1.165, 1.54) is 14.2 Å². The summed E-state index contributed by atoms with van der Waals surface area (Å²) in [6, 6.07) is 0. The molecule has 0 aromatic carbocycles. The number of hydrogen-bond acceptors (Lipinski definition) is 4. The summed E-state index contributed by atoms with van der Waals surface area (Å²) in [6.07, 6.45) is 2.02. The molecule has 2 unspecified atom stereocenters. The Hall–Kier alpha value is -1.06. The minimum atomic E-state index is -0.523. The number of carbonyl (C=O) groups is 2. The second-order valence-corrected chi connectivity index (χ2v) is 5.61. The highest BCUT2D eigenvalue weighted by atomic mass is 16.5. The molecule has 0 bridgehead atoms. The predicted octanol–water partition coefficient (Wildman–Crippen LogP) is 2.80. The van der Waals surface area contributed by atoms with Crippen molar-refractivity contribution in [1.82, 2.24) is 0 Å². The highest BCUT2D eigenvalue weighted by Crippen LogP contribution is 2.34. The molecule has 0 N–H and O–H groups in total. The Morgan fingerprint density at radius 3 is 2.06 bits per heavy atom. The lowest BCUT2D eigenvalue weighted by molar-refractivity contribution is -0.154. The molecule has 2 atom stereocenters. The zero-order valence-electron chi connectivity index (χ0n) is 12.4. The van der Waals surface area contributed by atoms with Crippen molar-refractivity contribution in [1.29, 1.82) is 0 Å². The molecule has 0 saturated carbocycles. The van der Waals surface area contributed by atoms with E-state index >= 15 is 0 Å². The maximum atomic E-state index is 11.9. The van der Waals surface area contributed by atoms with Gasteiger partial charge in [-0.3, -0.25) is 9.59 Å². The fraction of sp³-hybridized carbons (Fsp3) is 0.857. The zero-order chi connectivity index (χ0) is 14.3. The quantitative estimate of drug-likeness (QED) is 0.659. The van der Waals surface area contributed by atoms with Gasteiger partial charge in [0.2, 0.25) is 0 Å². The number of hydrogen-bond donors (Lipinski definition) is 0. The van der Waals surface area contributed by atoms with Gasteiger partial charge >= 0.3 is 11.9 Å². The van der Waals surface area contributed by atoms with Gasteiger partial charge in [0.15, 0.2) is 0 Å². The van der Waals surface area contributed by atoms with E-state index in [0.29, 0.717) is 18.8 Å². The minimum Gasteiger partial charge on any atom is -0.469 e. The number of esters is 2. The third-order valence-corrected chi connectivity index (χ3v) is 3.27. The first-order valence-corrected chi connectivity index (χ1v) is 6.43. The van der Waals surface area contributed by atoms with E-state index in [-0.39, 0.29) is 17.9 Å². The minimum absolute atomic E-state index is 0.189. The first-order chi connectivity index (χ1) is 8.26. The molecule has 4 heteroatoms. The maximum Gasteiger partial charge on any atom is 0.311 e. The second kappa shape index (κ2) is 7.39. The molecule has 0 saturated heterocycles. The molecule has 106 valence electrons. The van der Waals surface area contributed by atoms with Crippen LogP contribution in [0.4, 0.5) is 0 Å². The standard InChI is InChI=1S/C14H26O4/c1-10(2)9-14(4,13(16)18-6)8-7-11(3)12(15)17-5/h10-11H,7-9H2,1-6H3. The van der Waals surface area contributed by atoms with Crippen LogP contribution in [0.2, 0.25) is 0 Å². The van der Waals surface area contributed by atoms with Crippen molar-refractivity contribution in [2.24, 2.45) is 17.3 Å². The Bertz CT molecular complexity index is 286. The van der Waals surface area contributed by atoms with E-state index in [0.717, 1.165) is 6.42 Å². The summed E-state index contributed by atoms with van der Waals surface area (Å²) in [5.74, 6) is -0.214. The molecule has 0 amide bonds. The molecule has 0 radical (unpaired) electrons. The lowest BCUT2D eigenvalue weighted by Crippen LogP contribution is -2.32. The Morgan fingerprint density at radius 1 is 1.11 bits per heavy atom. The van der Waals surface area contributed by atoms with Crippen molar-refractivity contribution in [3.05, 3.63) is 0 Å². The maximum absolute atomic E-state index is 11.9. The highest BCUT2D eigenvalue weighted by Gasteiger charge is 2.35. The normalized spacial score (nSPS) is 15.9. The number of carbonyl (C=O) groups excluding carboxylic acids is 2. The van der Waals surface area contributed by atoms with Crippen LogP contribution in [0, 0.1) is 17.3 Å². The average Bonchev–Trinajstić information content (AvgIpc) is 2.32. The van der Waals surface area contributed by atoms with Gasteiger partial charge in [0.25, 0.3) is 0 Å². The van der Waals surface area contributed by atoms with Crippen molar-refractivity contribution in [2.45, 2.75) is 47.0 Å². The van der Waals surface area contributed by atoms with E-state index in [9.17, 15) is 9.59 Å². The first kappa shape index (κ1) is 16.9. The molecular weight excluding hydrogens is 232 g/mol. The van der Waals surface area contributed by atoms with Gasteiger partial charge in [-0.2, -0.15) is 0 Å². The molecular formula is C14H26O4. The summed E-state index contributed by atoms with van der Waals surface area (Å²) < 4.78 is 9.57. The molecule has 0 aliphatic rings. The summed E-state index contributed by atoms with van der Waals surface area (Å²) in [4.78, 5) is 23.2. The lowest BCUT2D eigenvalue weighted by atomic mass is 9.77. The fourth-order valence-corrected chi connectivity index (χ4v) is 2.29. The average molecular weight is 258 g/mol. The largest absolute Gasteiger partial charge is 0.469 e. The Balaban J connectivity index is 4.61. The van der Waals surface area contributed by atoms with E-state index in [2.05, 4.69) is 13.8 Å². The third-order valence-electron chi connectivity index (χ3n) is 3.27. The van der Waals surface area contributed by atoms with Crippen molar-refractivity contribution < 1.29 is 19.1 Å². The summed E-state index contributed by atoms with van der Waals surface area (Å²) in [7, 11) is 2.79. The van der Waals surface area contributed by atoms with Gasteiger partial charge in [-0.25, -0.2) is 0 Å². The van der Waals surface area contributed by atoms with Crippen LogP contribution in [-0.2, 0) is 19.1 Å². The summed E-state index contributed by atoms with van der Waals surface area (Å²) in [6.45, 7) is 7.87.